The predicted molar refractivity (Wildman–Crippen MR) is 102 cm³/mol. The van der Waals surface area contributed by atoms with Crippen LogP contribution in [0.5, 0.6) is 0 Å². The van der Waals surface area contributed by atoms with Gasteiger partial charge in [0.25, 0.3) is 0 Å². The second-order valence-corrected chi connectivity index (χ2v) is 7.30. The molecule has 2 aromatic carbocycles. The second kappa shape index (κ2) is 6.91. The average molecular weight is 345 g/mol. The van der Waals surface area contributed by atoms with Crippen molar-refractivity contribution in [3.05, 3.63) is 82.6 Å². The molecule has 1 saturated heterocycles. The molecule has 0 spiro atoms. The van der Waals surface area contributed by atoms with E-state index in [2.05, 4.69) is 29.2 Å². The summed E-state index contributed by atoms with van der Waals surface area (Å²) in [4.78, 5) is 27.8. The van der Waals surface area contributed by atoms with Crippen LogP contribution >= 0.6 is 0 Å². The second-order valence-electron chi connectivity index (χ2n) is 7.30. The fourth-order valence-corrected chi connectivity index (χ4v) is 4.18. The normalized spacial score (nSPS) is 18.3. The molecule has 0 amide bonds. The van der Waals surface area contributed by atoms with Crippen LogP contribution in [0.1, 0.15) is 46.0 Å². The number of carbonyl (C=O) groups excluding carboxylic acids is 2. The number of fused-ring (bicyclic) bond motifs is 1. The molecule has 2 aromatic rings. The summed E-state index contributed by atoms with van der Waals surface area (Å²) in [5.41, 5.74) is 3.67. The number of carbonyl (C=O) groups is 2. The number of benzene rings is 2. The number of likely N-dealkylation sites (tertiary alicyclic amines) is 1. The van der Waals surface area contributed by atoms with E-state index in [1.807, 2.05) is 18.2 Å². The van der Waals surface area contributed by atoms with E-state index < -0.39 is 0 Å². The third-order valence-corrected chi connectivity index (χ3v) is 5.63. The number of allylic oxidation sites excluding steroid dienone is 2. The summed E-state index contributed by atoms with van der Waals surface area (Å²) in [6.45, 7) is 3.47. The summed E-state index contributed by atoms with van der Waals surface area (Å²) < 4.78 is 0. The van der Waals surface area contributed by atoms with Gasteiger partial charge in [-0.15, -0.1) is 0 Å². The van der Waals surface area contributed by atoms with E-state index in [0.717, 1.165) is 32.4 Å². The standard InChI is InChI=1S/C23H23NO2/c1-16-21(23(26)20-10-6-5-9-19(20)22(16)25)24-13-11-18(12-14-24)15-17-7-3-2-4-8-17/h2-10,18H,11-15H2,1H3. The van der Waals surface area contributed by atoms with Gasteiger partial charge in [0.05, 0.1) is 5.70 Å². The number of piperidine rings is 1. The van der Waals surface area contributed by atoms with Gasteiger partial charge in [0.15, 0.2) is 5.78 Å². The van der Waals surface area contributed by atoms with Crippen molar-refractivity contribution in [3.8, 4) is 0 Å². The minimum atomic E-state index is -0.0124. The summed E-state index contributed by atoms with van der Waals surface area (Å²) in [5, 5.41) is 0. The molecule has 1 heterocycles. The number of nitrogens with zero attached hydrogens (tertiary/aromatic N) is 1. The zero-order valence-corrected chi connectivity index (χ0v) is 15.1. The lowest BCUT2D eigenvalue weighted by Crippen LogP contribution is -2.39. The van der Waals surface area contributed by atoms with Gasteiger partial charge in [-0.2, -0.15) is 0 Å². The summed E-state index contributed by atoms with van der Waals surface area (Å²) in [5.74, 6) is 0.622. The first-order valence-corrected chi connectivity index (χ1v) is 9.33. The van der Waals surface area contributed by atoms with Crippen molar-refractivity contribution in [2.45, 2.75) is 26.2 Å². The Bertz CT molecular complexity index is 874. The molecule has 1 fully saturated rings. The molecule has 4 rings (SSSR count). The smallest absolute Gasteiger partial charge is 0.210 e. The van der Waals surface area contributed by atoms with Gasteiger partial charge < -0.3 is 4.90 Å². The van der Waals surface area contributed by atoms with Gasteiger partial charge in [-0.3, -0.25) is 9.59 Å². The maximum Gasteiger partial charge on any atom is 0.210 e. The lowest BCUT2D eigenvalue weighted by molar-refractivity contribution is 0.0925. The third kappa shape index (κ3) is 2.98. The molecule has 1 aliphatic heterocycles. The Balaban J connectivity index is 1.50. The van der Waals surface area contributed by atoms with Gasteiger partial charge in [0.2, 0.25) is 5.78 Å². The van der Waals surface area contributed by atoms with Crippen molar-refractivity contribution in [1.82, 2.24) is 4.90 Å². The van der Waals surface area contributed by atoms with Gasteiger partial charge in [0, 0.05) is 29.8 Å². The van der Waals surface area contributed by atoms with E-state index in [1.165, 1.54) is 5.56 Å². The number of Topliss-reactive ketones (excluding diaryl/α,β-unsaturated/α-hetero) is 2. The Morgan fingerprint density at radius 1 is 0.846 bits per heavy atom. The van der Waals surface area contributed by atoms with Crippen molar-refractivity contribution in [1.29, 1.82) is 0 Å². The van der Waals surface area contributed by atoms with Crippen molar-refractivity contribution in [2.75, 3.05) is 13.1 Å². The van der Waals surface area contributed by atoms with Crippen LogP contribution in [0.2, 0.25) is 0 Å². The maximum atomic E-state index is 13.0. The fraction of sp³-hybridized carbons (Fsp3) is 0.304. The zero-order chi connectivity index (χ0) is 18.1. The Hall–Kier alpha value is -2.68. The molecule has 0 saturated carbocycles. The first kappa shape index (κ1) is 16.8. The highest BCUT2D eigenvalue weighted by atomic mass is 16.1. The molecule has 0 bridgehead atoms. The molecule has 0 radical (unpaired) electrons. The van der Waals surface area contributed by atoms with Crippen molar-refractivity contribution in [3.63, 3.8) is 0 Å². The monoisotopic (exact) mass is 345 g/mol. The van der Waals surface area contributed by atoms with E-state index in [-0.39, 0.29) is 11.6 Å². The maximum absolute atomic E-state index is 13.0. The van der Waals surface area contributed by atoms with Gasteiger partial charge in [0.1, 0.15) is 0 Å². The largest absolute Gasteiger partial charge is 0.368 e. The molecule has 0 unspecified atom stereocenters. The van der Waals surface area contributed by atoms with Crippen molar-refractivity contribution < 1.29 is 9.59 Å². The Kier molecular flexibility index (Phi) is 4.46. The molecule has 3 heteroatoms. The van der Waals surface area contributed by atoms with Crippen molar-refractivity contribution in [2.24, 2.45) is 5.92 Å². The van der Waals surface area contributed by atoms with Crippen LogP contribution in [0.15, 0.2) is 65.9 Å². The topological polar surface area (TPSA) is 37.4 Å². The van der Waals surface area contributed by atoms with E-state index in [4.69, 9.17) is 0 Å². The van der Waals surface area contributed by atoms with Crippen LogP contribution in [0.25, 0.3) is 0 Å². The van der Waals surface area contributed by atoms with Crippen molar-refractivity contribution >= 4 is 11.6 Å². The van der Waals surface area contributed by atoms with Crippen LogP contribution in [0.3, 0.4) is 0 Å². The molecular weight excluding hydrogens is 322 g/mol. The summed E-state index contributed by atoms with van der Waals surface area (Å²) in [7, 11) is 0. The van der Waals surface area contributed by atoms with E-state index in [9.17, 15) is 9.59 Å². The fourth-order valence-electron chi connectivity index (χ4n) is 4.18. The molecular formula is C23H23NO2. The minimum absolute atomic E-state index is 0.000732. The Morgan fingerprint density at radius 2 is 1.42 bits per heavy atom. The summed E-state index contributed by atoms with van der Waals surface area (Å²) >= 11 is 0. The third-order valence-electron chi connectivity index (χ3n) is 5.63. The van der Waals surface area contributed by atoms with E-state index >= 15 is 0 Å². The van der Waals surface area contributed by atoms with Gasteiger partial charge in [-0.25, -0.2) is 0 Å². The Morgan fingerprint density at radius 3 is 2.08 bits per heavy atom. The molecule has 26 heavy (non-hydrogen) atoms. The predicted octanol–water partition coefficient (Wildman–Crippen LogP) is 4.29. The highest BCUT2D eigenvalue weighted by Crippen LogP contribution is 2.31. The molecule has 3 nitrogen and oxygen atoms in total. The summed E-state index contributed by atoms with van der Waals surface area (Å²) in [6.07, 6.45) is 3.19. The number of hydrogen-bond acceptors (Lipinski definition) is 3. The molecule has 0 atom stereocenters. The lowest BCUT2D eigenvalue weighted by atomic mass is 9.85. The number of ketones is 2. The molecule has 2 aliphatic rings. The van der Waals surface area contributed by atoms with Crippen LogP contribution in [-0.4, -0.2) is 29.6 Å². The van der Waals surface area contributed by atoms with Crippen LogP contribution in [-0.2, 0) is 6.42 Å². The zero-order valence-electron chi connectivity index (χ0n) is 15.1. The average Bonchev–Trinajstić information content (AvgIpc) is 2.68. The quantitative estimate of drug-likeness (QED) is 0.832. The minimum Gasteiger partial charge on any atom is -0.368 e. The summed E-state index contributed by atoms with van der Waals surface area (Å²) in [6, 6.07) is 17.7. The molecule has 1 aliphatic carbocycles. The Labute approximate surface area is 154 Å². The van der Waals surface area contributed by atoms with Gasteiger partial charge >= 0.3 is 0 Å². The van der Waals surface area contributed by atoms with Crippen LogP contribution in [0, 0.1) is 5.92 Å². The molecule has 0 aromatic heterocycles. The van der Waals surface area contributed by atoms with Gasteiger partial charge in [-0.05, 0) is 37.7 Å². The van der Waals surface area contributed by atoms with Crippen LogP contribution in [0.4, 0.5) is 0 Å². The highest BCUT2D eigenvalue weighted by molar-refractivity contribution is 6.26. The molecule has 132 valence electrons. The number of rotatable bonds is 3. The first-order valence-electron chi connectivity index (χ1n) is 9.33. The first-order chi connectivity index (χ1) is 12.6. The lowest BCUT2D eigenvalue weighted by Gasteiger charge is -2.36. The highest BCUT2D eigenvalue weighted by Gasteiger charge is 2.34. The van der Waals surface area contributed by atoms with E-state index in [0.29, 0.717) is 28.3 Å². The van der Waals surface area contributed by atoms with E-state index in [1.54, 1.807) is 19.1 Å². The number of hydrogen-bond donors (Lipinski definition) is 0. The van der Waals surface area contributed by atoms with Gasteiger partial charge in [-0.1, -0.05) is 54.6 Å². The SMILES string of the molecule is CC1=C(N2CCC(Cc3ccccc3)CC2)C(=O)c2ccccc2C1=O. The molecule has 0 N–H and O–H groups in total. The van der Waals surface area contributed by atoms with Crippen LogP contribution < -0.4 is 0 Å².